The van der Waals surface area contributed by atoms with Crippen LogP contribution in [0.4, 0.5) is 0 Å². The fourth-order valence-electron chi connectivity index (χ4n) is 1.92. The fourth-order valence-corrected chi connectivity index (χ4v) is 1.92. The Morgan fingerprint density at radius 3 is 2.38 bits per heavy atom. The van der Waals surface area contributed by atoms with E-state index in [-0.39, 0.29) is 0 Å². The molecule has 0 bridgehead atoms. The smallest absolute Gasteiger partial charge is 0.158 e. The third-order valence-electron chi connectivity index (χ3n) is 2.59. The minimum Gasteiger partial charge on any atom is -0.326 e. The number of rotatable bonds is 2. The zero-order chi connectivity index (χ0) is 11.9. The van der Waals surface area contributed by atoms with Crippen molar-refractivity contribution in [2.24, 2.45) is 12.8 Å². The molecule has 6 nitrogen and oxygen atoms in total. The van der Waals surface area contributed by atoms with Crippen LogP contribution in [0, 0.1) is 20.8 Å². The molecule has 0 spiro atoms. The molecule has 0 aliphatic rings. The molecule has 0 atom stereocenters. The van der Waals surface area contributed by atoms with Crippen molar-refractivity contribution in [2.45, 2.75) is 27.3 Å². The highest BCUT2D eigenvalue weighted by atomic mass is 15.4. The summed E-state index contributed by atoms with van der Waals surface area (Å²) in [7, 11) is 1.89. The molecule has 2 rings (SSSR count). The van der Waals surface area contributed by atoms with E-state index in [1.54, 1.807) is 9.36 Å². The number of nitrogens with two attached hydrogens (primary N) is 1. The van der Waals surface area contributed by atoms with Crippen LogP contribution < -0.4 is 5.73 Å². The van der Waals surface area contributed by atoms with Crippen LogP contribution in [-0.2, 0) is 13.6 Å². The quantitative estimate of drug-likeness (QED) is 0.794. The molecule has 0 aliphatic heterocycles. The van der Waals surface area contributed by atoms with Crippen molar-refractivity contribution in [1.82, 2.24) is 24.5 Å². The standard InChI is InChI=1S/C10H16N6/c1-6-9(5-11)10(15(4)13-6)16-8(3)12-7(2)14-16/h5,11H2,1-4H3. The maximum atomic E-state index is 5.74. The van der Waals surface area contributed by atoms with Gasteiger partial charge in [0.2, 0.25) is 0 Å². The first-order chi connectivity index (χ1) is 7.54. The van der Waals surface area contributed by atoms with Crippen LogP contribution in [0.2, 0.25) is 0 Å². The monoisotopic (exact) mass is 220 g/mol. The molecule has 0 fully saturated rings. The summed E-state index contributed by atoms with van der Waals surface area (Å²) >= 11 is 0. The van der Waals surface area contributed by atoms with Crippen LogP contribution in [0.3, 0.4) is 0 Å². The molecule has 0 aromatic carbocycles. The normalized spacial score (nSPS) is 11.1. The largest absolute Gasteiger partial charge is 0.326 e. The third kappa shape index (κ3) is 1.51. The van der Waals surface area contributed by atoms with Crippen molar-refractivity contribution >= 4 is 0 Å². The Balaban J connectivity index is 2.68. The van der Waals surface area contributed by atoms with Gasteiger partial charge in [0.05, 0.1) is 5.69 Å². The van der Waals surface area contributed by atoms with Gasteiger partial charge in [-0.15, -0.1) is 5.10 Å². The van der Waals surface area contributed by atoms with Crippen LogP contribution in [0.15, 0.2) is 0 Å². The molecule has 6 heteroatoms. The minimum atomic E-state index is 0.452. The highest BCUT2D eigenvalue weighted by Gasteiger charge is 2.16. The topological polar surface area (TPSA) is 74.6 Å². The number of aromatic nitrogens is 5. The van der Waals surface area contributed by atoms with Crippen molar-refractivity contribution in [3.63, 3.8) is 0 Å². The highest BCUT2D eigenvalue weighted by molar-refractivity contribution is 5.37. The molecule has 0 aliphatic carbocycles. The molecule has 2 heterocycles. The SMILES string of the molecule is Cc1nc(C)n(-c2c(CN)c(C)nn2C)n1. The summed E-state index contributed by atoms with van der Waals surface area (Å²) in [6, 6.07) is 0. The van der Waals surface area contributed by atoms with E-state index in [9.17, 15) is 0 Å². The Morgan fingerprint density at radius 1 is 1.19 bits per heavy atom. The Hall–Kier alpha value is -1.69. The molecular formula is C10H16N6. The van der Waals surface area contributed by atoms with Gasteiger partial charge in [-0.1, -0.05) is 0 Å². The van der Waals surface area contributed by atoms with E-state index < -0.39 is 0 Å². The van der Waals surface area contributed by atoms with E-state index in [0.29, 0.717) is 6.54 Å². The molecule has 16 heavy (non-hydrogen) atoms. The molecular weight excluding hydrogens is 204 g/mol. The van der Waals surface area contributed by atoms with Crippen molar-refractivity contribution in [1.29, 1.82) is 0 Å². The molecule has 2 aromatic heterocycles. The van der Waals surface area contributed by atoms with E-state index in [1.165, 1.54) is 0 Å². The summed E-state index contributed by atoms with van der Waals surface area (Å²) in [6.07, 6.45) is 0. The Kier molecular flexibility index (Phi) is 2.51. The van der Waals surface area contributed by atoms with Gasteiger partial charge < -0.3 is 5.73 Å². The summed E-state index contributed by atoms with van der Waals surface area (Å²) in [5, 5.41) is 8.71. The van der Waals surface area contributed by atoms with Crippen LogP contribution in [0.5, 0.6) is 0 Å². The number of aryl methyl sites for hydroxylation is 4. The molecule has 0 saturated carbocycles. The maximum Gasteiger partial charge on any atom is 0.158 e. The number of hydrogen-bond acceptors (Lipinski definition) is 4. The van der Waals surface area contributed by atoms with Crippen LogP contribution >= 0.6 is 0 Å². The van der Waals surface area contributed by atoms with Gasteiger partial charge in [0, 0.05) is 19.2 Å². The Labute approximate surface area is 94.1 Å². The third-order valence-corrected chi connectivity index (χ3v) is 2.59. The van der Waals surface area contributed by atoms with Gasteiger partial charge in [-0.2, -0.15) is 9.78 Å². The van der Waals surface area contributed by atoms with Crippen LogP contribution in [0.25, 0.3) is 5.82 Å². The second-order valence-electron chi connectivity index (χ2n) is 3.83. The lowest BCUT2D eigenvalue weighted by Gasteiger charge is -2.05. The van der Waals surface area contributed by atoms with Gasteiger partial charge in [0.1, 0.15) is 11.6 Å². The van der Waals surface area contributed by atoms with Crippen molar-refractivity contribution in [3.05, 3.63) is 22.9 Å². The first-order valence-corrected chi connectivity index (χ1v) is 5.17. The summed E-state index contributed by atoms with van der Waals surface area (Å²) < 4.78 is 3.58. The van der Waals surface area contributed by atoms with Gasteiger partial charge in [0.25, 0.3) is 0 Å². The lowest BCUT2D eigenvalue weighted by molar-refractivity contribution is 0.678. The molecule has 86 valence electrons. The lowest BCUT2D eigenvalue weighted by atomic mass is 10.2. The maximum absolute atomic E-state index is 5.74. The van der Waals surface area contributed by atoms with Crippen molar-refractivity contribution in [3.8, 4) is 5.82 Å². The fraction of sp³-hybridized carbons (Fsp3) is 0.500. The summed E-state index contributed by atoms with van der Waals surface area (Å²) in [5.41, 5.74) is 7.69. The first-order valence-electron chi connectivity index (χ1n) is 5.17. The van der Waals surface area contributed by atoms with Crippen molar-refractivity contribution in [2.75, 3.05) is 0 Å². The van der Waals surface area contributed by atoms with E-state index >= 15 is 0 Å². The average molecular weight is 220 g/mol. The molecule has 2 N–H and O–H groups in total. The van der Waals surface area contributed by atoms with Crippen LogP contribution in [-0.4, -0.2) is 24.5 Å². The summed E-state index contributed by atoms with van der Waals surface area (Å²) in [5.74, 6) is 2.49. The minimum absolute atomic E-state index is 0.452. The van der Waals surface area contributed by atoms with E-state index in [4.69, 9.17) is 5.73 Å². The molecule has 2 aromatic rings. The van der Waals surface area contributed by atoms with Gasteiger partial charge >= 0.3 is 0 Å². The van der Waals surface area contributed by atoms with E-state index in [1.807, 2.05) is 27.8 Å². The van der Waals surface area contributed by atoms with Crippen LogP contribution in [0.1, 0.15) is 22.9 Å². The van der Waals surface area contributed by atoms with E-state index in [2.05, 4.69) is 15.2 Å². The molecule has 0 saturated heterocycles. The Bertz CT molecular complexity index is 522. The second kappa shape index (κ2) is 3.71. The predicted octanol–water partition coefficient (Wildman–Crippen LogP) is 0.385. The van der Waals surface area contributed by atoms with Crippen molar-refractivity contribution < 1.29 is 0 Å². The zero-order valence-corrected chi connectivity index (χ0v) is 10.0. The predicted molar refractivity (Wildman–Crippen MR) is 60.2 cm³/mol. The van der Waals surface area contributed by atoms with Gasteiger partial charge in [-0.05, 0) is 20.8 Å². The molecule has 0 unspecified atom stereocenters. The van der Waals surface area contributed by atoms with Gasteiger partial charge in [0.15, 0.2) is 5.82 Å². The zero-order valence-electron chi connectivity index (χ0n) is 10.0. The van der Waals surface area contributed by atoms with Gasteiger partial charge in [-0.3, -0.25) is 4.68 Å². The highest BCUT2D eigenvalue weighted by Crippen LogP contribution is 2.17. The summed E-state index contributed by atoms with van der Waals surface area (Å²) in [4.78, 5) is 4.28. The molecule has 0 radical (unpaired) electrons. The first kappa shape index (κ1) is 10.8. The number of nitrogens with zero attached hydrogens (tertiary/aromatic N) is 5. The molecule has 0 amide bonds. The lowest BCUT2D eigenvalue weighted by Crippen LogP contribution is -2.10. The summed E-state index contributed by atoms with van der Waals surface area (Å²) in [6.45, 7) is 6.19. The average Bonchev–Trinajstić information content (AvgIpc) is 2.66. The van der Waals surface area contributed by atoms with E-state index in [0.717, 1.165) is 28.7 Å². The van der Waals surface area contributed by atoms with Gasteiger partial charge in [-0.25, -0.2) is 4.98 Å². The Morgan fingerprint density at radius 2 is 1.88 bits per heavy atom. The second-order valence-corrected chi connectivity index (χ2v) is 3.83. The number of hydrogen-bond donors (Lipinski definition) is 1.